The molecule has 1 aromatic carbocycles. The number of aromatic nitrogens is 1. The van der Waals surface area contributed by atoms with E-state index in [1.165, 1.54) is 4.90 Å². The first-order valence-corrected chi connectivity index (χ1v) is 10.1. The average Bonchev–Trinajstić information content (AvgIpc) is 3.10. The number of para-hydroxylation sites is 1. The minimum atomic E-state index is -0.907. The Kier molecular flexibility index (Phi) is 6.57. The van der Waals surface area contributed by atoms with E-state index in [9.17, 15) is 14.7 Å². The number of H-pyrrole nitrogens is 1. The van der Waals surface area contributed by atoms with Gasteiger partial charge in [-0.3, -0.25) is 4.79 Å². The van der Waals surface area contributed by atoms with E-state index in [-0.39, 0.29) is 11.9 Å². The molecule has 0 saturated carbocycles. The molecule has 1 fully saturated rings. The molecule has 1 aromatic heterocycles. The number of amides is 2. The molecule has 2 amide bonds. The first kappa shape index (κ1) is 20.2. The molecule has 4 N–H and O–H groups in total. The molecule has 0 bridgehead atoms. The fourth-order valence-electron chi connectivity index (χ4n) is 4.03. The van der Waals surface area contributed by atoms with Crippen LogP contribution in [0.25, 0.3) is 10.9 Å². The van der Waals surface area contributed by atoms with Gasteiger partial charge in [-0.2, -0.15) is 0 Å². The maximum atomic E-state index is 12.9. The number of hydrogen-bond acceptors (Lipinski definition) is 3. The lowest BCUT2D eigenvalue weighted by Gasteiger charge is -2.39. The standard InChI is InChI=1S/C21H30N4O3/c1-2-3-11-25(21(27)28)16-7-6-10-24(14-16)20(26)18(22)12-15-13-23-19-9-5-4-8-17(15)19/h4-5,8-9,13,16,18,23H,2-3,6-7,10-12,14,22H2,1H3,(H,27,28)/t16?,18-/m0/s1. The average molecular weight is 386 g/mol. The number of aromatic amines is 1. The maximum Gasteiger partial charge on any atom is 0.407 e. The summed E-state index contributed by atoms with van der Waals surface area (Å²) >= 11 is 0. The molecule has 0 spiro atoms. The van der Waals surface area contributed by atoms with Gasteiger partial charge < -0.3 is 25.6 Å². The smallest absolute Gasteiger partial charge is 0.407 e. The Hall–Kier alpha value is -2.54. The summed E-state index contributed by atoms with van der Waals surface area (Å²) in [4.78, 5) is 31.0. The van der Waals surface area contributed by atoms with E-state index < -0.39 is 12.1 Å². The molecule has 2 aromatic rings. The number of rotatable bonds is 7. The highest BCUT2D eigenvalue weighted by molar-refractivity contribution is 5.86. The third-order valence-electron chi connectivity index (χ3n) is 5.58. The number of unbranched alkanes of at least 4 members (excludes halogenated alkanes) is 1. The summed E-state index contributed by atoms with van der Waals surface area (Å²) in [6.07, 6.45) is 4.82. The molecule has 7 nitrogen and oxygen atoms in total. The summed E-state index contributed by atoms with van der Waals surface area (Å²) in [5, 5.41) is 10.6. The lowest BCUT2D eigenvalue weighted by Crippen LogP contribution is -2.55. The lowest BCUT2D eigenvalue weighted by molar-refractivity contribution is -0.134. The molecule has 0 radical (unpaired) electrons. The van der Waals surface area contributed by atoms with Gasteiger partial charge in [-0.25, -0.2) is 4.79 Å². The highest BCUT2D eigenvalue weighted by Gasteiger charge is 2.32. The number of likely N-dealkylation sites (tertiary alicyclic amines) is 1. The van der Waals surface area contributed by atoms with Gasteiger partial charge in [-0.05, 0) is 37.3 Å². The van der Waals surface area contributed by atoms with E-state index in [0.29, 0.717) is 26.1 Å². The summed E-state index contributed by atoms with van der Waals surface area (Å²) in [6.45, 7) is 3.62. The van der Waals surface area contributed by atoms with E-state index >= 15 is 0 Å². The monoisotopic (exact) mass is 386 g/mol. The number of nitrogens with zero attached hydrogens (tertiary/aromatic N) is 2. The Bertz CT molecular complexity index is 819. The summed E-state index contributed by atoms with van der Waals surface area (Å²) < 4.78 is 0. The van der Waals surface area contributed by atoms with Gasteiger partial charge >= 0.3 is 6.09 Å². The number of carbonyl (C=O) groups is 2. The Balaban J connectivity index is 1.65. The van der Waals surface area contributed by atoms with Gasteiger partial charge in [-0.15, -0.1) is 0 Å². The molecular formula is C21H30N4O3. The Morgan fingerprint density at radius 2 is 2.18 bits per heavy atom. The highest BCUT2D eigenvalue weighted by atomic mass is 16.4. The number of carboxylic acid groups (broad SMARTS) is 1. The largest absolute Gasteiger partial charge is 0.465 e. The minimum Gasteiger partial charge on any atom is -0.465 e. The number of fused-ring (bicyclic) bond motifs is 1. The summed E-state index contributed by atoms with van der Waals surface area (Å²) in [5.41, 5.74) is 8.32. The van der Waals surface area contributed by atoms with Crippen LogP contribution in [-0.4, -0.2) is 63.6 Å². The number of hydrogen-bond donors (Lipinski definition) is 3. The number of nitrogens with two attached hydrogens (primary N) is 1. The predicted molar refractivity (Wildman–Crippen MR) is 109 cm³/mol. The Labute approximate surface area is 165 Å². The highest BCUT2D eigenvalue weighted by Crippen LogP contribution is 2.21. The van der Waals surface area contributed by atoms with Crippen molar-refractivity contribution in [3.05, 3.63) is 36.0 Å². The van der Waals surface area contributed by atoms with Crippen molar-refractivity contribution < 1.29 is 14.7 Å². The van der Waals surface area contributed by atoms with Crippen LogP contribution in [0.15, 0.2) is 30.5 Å². The second-order valence-electron chi connectivity index (χ2n) is 7.58. The molecule has 2 heterocycles. The first-order chi connectivity index (χ1) is 13.5. The van der Waals surface area contributed by atoms with Crippen LogP contribution in [-0.2, 0) is 11.2 Å². The van der Waals surface area contributed by atoms with Crippen molar-refractivity contribution >= 4 is 22.9 Å². The normalized spacial score (nSPS) is 18.2. The molecule has 0 aliphatic carbocycles. The molecule has 3 rings (SSSR count). The van der Waals surface area contributed by atoms with E-state index in [2.05, 4.69) is 4.98 Å². The maximum absolute atomic E-state index is 12.9. The Morgan fingerprint density at radius 1 is 1.39 bits per heavy atom. The molecule has 2 atom stereocenters. The summed E-state index contributed by atoms with van der Waals surface area (Å²) in [7, 11) is 0. The van der Waals surface area contributed by atoms with Gasteiger partial charge in [0.1, 0.15) is 0 Å². The third-order valence-corrected chi connectivity index (χ3v) is 5.58. The van der Waals surface area contributed by atoms with Crippen molar-refractivity contribution in [2.75, 3.05) is 19.6 Å². The van der Waals surface area contributed by atoms with Crippen LogP contribution in [0.1, 0.15) is 38.2 Å². The van der Waals surface area contributed by atoms with Gasteiger partial charge in [0.2, 0.25) is 5.91 Å². The van der Waals surface area contributed by atoms with Crippen LogP contribution in [0.5, 0.6) is 0 Å². The molecule has 1 aliphatic rings. The Morgan fingerprint density at radius 3 is 2.93 bits per heavy atom. The van der Waals surface area contributed by atoms with E-state index in [1.54, 1.807) is 4.90 Å². The molecule has 1 saturated heterocycles. The fraction of sp³-hybridized carbons (Fsp3) is 0.524. The molecule has 152 valence electrons. The van der Waals surface area contributed by atoms with Crippen LogP contribution in [0.2, 0.25) is 0 Å². The van der Waals surface area contributed by atoms with Gasteiger partial charge in [0.25, 0.3) is 0 Å². The quantitative estimate of drug-likeness (QED) is 0.681. The SMILES string of the molecule is CCCCN(C(=O)O)C1CCCN(C(=O)[C@@H](N)Cc2c[nH]c3ccccc23)C1. The van der Waals surface area contributed by atoms with Crippen molar-refractivity contribution in [3.8, 4) is 0 Å². The van der Waals surface area contributed by atoms with Crippen molar-refractivity contribution in [1.82, 2.24) is 14.8 Å². The fourth-order valence-corrected chi connectivity index (χ4v) is 4.03. The topological polar surface area (TPSA) is 103 Å². The number of nitrogens with one attached hydrogen (secondary N) is 1. The van der Waals surface area contributed by atoms with Crippen LogP contribution in [0, 0.1) is 0 Å². The lowest BCUT2D eigenvalue weighted by atomic mass is 10.0. The molecule has 7 heteroatoms. The van der Waals surface area contributed by atoms with Crippen LogP contribution in [0.3, 0.4) is 0 Å². The number of carbonyl (C=O) groups excluding carboxylic acids is 1. The van der Waals surface area contributed by atoms with E-state index in [0.717, 1.165) is 42.1 Å². The number of piperidine rings is 1. The predicted octanol–water partition coefficient (Wildman–Crippen LogP) is 2.81. The summed E-state index contributed by atoms with van der Waals surface area (Å²) in [5.74, 6) is -0.101. The van der Waals surface area contributed by atoms with Gasteiger partial charge in [0, 0.05) is 36.7 Å². The van der Waals surface area contributed by atoms with Crippen molar-refractivity contribution in [1.29, 1.82) is 0 Å². The van der Waals surface area contributed by atoms with Crippen LogP contribution < -0.4 is 5.73 Å². The summed E-state index contributed by atoms with van der Waals surface area (Å²) in [6, 6.07) is 7.17. The van der Waals surface area contributed by atoms with E-state index in [1.807, 2.05) is 37.4 Å². The zero-order chi connectivity index (χ0) is 20.1. The van der Waals surface area contributed by atoms with Crippen molar-refractivity contribution in [2.24, 2.45) is 5.73 Å². The van der Waals surface area contributed by atoms with E-state index in [4.69, 9.17) is 5.73 Å². The zero-order valence-electron chi connectivity index (χ0n) is 16.4. The second kappa shape index (κ2) is 9.10. The van der Waals surface area contributed by atoms with Crippen LogP contribution >= 0.6 is 0 Å². The number of benzene rings is 1. The third kappa shape index (κ3) is 4.47. The van der Waals surface area contributed by atoms with Gasteiger partial charge in [0.15, 0.2) is 0 Å². The molecular weight excluding hydrogens is 356 g/mol. The van der Waals surface area contributed by atoms with Crippen LogP contribution in [0.4, 0.5) is 4.79 Å². The molecule has 1 unspecified atom stereocenters. The van der Waals surface area contributed by atoms with Gasteiger partial charge in [0.05, 0.1) is 12.1 Å². The van der Waals surface area contributed by atoms with Crippen molar-refractivity contribution in [2.45, 2.75) is 51.1 Å². The zero-order valence-corrected chi connectivity index (χ0v) is 16.4. The second-order valence-corrected chi connectivity index (χ2v) is 7.58. The van der Waals surface area contributed by atoms with Gasteiger partial charge in [-0.1, -0.05) is 31.5 Å². The molecule has 28 heavy (non-hydrogen) atoms. The minimum absolute atomic E-state index is 0.101. The van der Waals surface area contributed by atoms with Crippen molar-refractivity contribution in [3.63, 3.8) is 0 Å². The molecule has 1 aliphatic heterocycles. The first-order valence-electron chi connectivity index (χ1n) is 10.1.